The van der Waals surface area contributed by atoms with Crippen molar-refractivity contribution in [2.24, 2.45) is 0 Å². The van der Waals surface area contributed by atoms with E-state index in [9.17, 15) is 0 Å². The summed E-state index contributed by atoms with van der Waals surface area (Å²) in [4.78, 5) is 0. The van der Waals surface area contributed by atoms with Crippen LogP contribution < -0.4 is 0 Å². The van der Waals surface area contributed by atoms with Gasteiger partial charge in [-0.15, -0.1) is 23.5 Å². The molecule has 1 aliphatic rings. The highest BCUT2D eigenvalue weighted by atomic mass is 32.2. The molecule has 0 aromatic carbocycles. The van der Waals surface area contributed by atoms with Gasteiger partial charge in [0.15, 0.2) is 0 Å². The van der Waals surface area contributed by atoms with Gasteiger partial charge < -0.3 is 5.11 Å². The van der Waals surface area contributed by atoms with Gasteiger partial charge in [0.1, 0.15) is 0 Å². The van der Waals surface area contributed by atoms with Gasteiger partial charge in [0.25, 0.3) is 0 Å². The van der Waals surface area contributed by atoms with Gasteiger partial charge in [-0.3, -0.25) is 0 Å². The molecule has 0 spiro atoms. The van der Waals surface area contributed by atoms with E-state index >= 15 is 0 Å². The lowest BCUT2D eigenvalue weighted by atomic mass is 10.4. The van der Waals surface area contributed by atoms with E-state index in [1.54, 1.807) is 0 Å². The molecule has 1 nitrogen and oxygen atoms in total. The van der Waals surface area contributed by atoms with Gasteiger partial charge in [0.05, 0.1) is 11.2 Å². The van der Waals surface area contributed by atoms with E-state index in [0.29, 0.717) is 11.2 Å². The van der Waals surface area contributed by atoms with Crippen LogP contribution in [0.2, 0.25) is 0 Å². The lowest BCUT2D eigenvalue weighted by molar-refractivity contribution is 0.316. The van der Waals surface area contributed by atoms with E-state index in [1.807, 2.05) is 23.5 Å². The van der Waals surface area contributed by atoms with Gasteiger partial charge >= 0.3 is 0 Å². The van der Waals surface area contributed by atoms with E-state index in [1.165, 1.54) is 12.2 Å². The Morgan fingerprint density at radius 1 is 1.45 bits per heavy atom. The summed E-state index contributed by atoms with van der Waals surface area (Å²) in [6.45, 7) is 2.55. The Morgan fingerprint density at radius 3 is 2.36 bits per heavy atom. The molecule has 1 N–H and O–H groups in total. The van der Waals surface area contributed by atoms with E-state index in [4.69, 9.17) is 5.11 Å². The fourth-order valence-corrected chi connectivity index (χ4v) is 3.87. The van der Waals surface area contributed by atoms with E-state index < -0.39 is 0 Å². The van der Waals surface area contributed by atoms with Gasteiger partial charge in [0.2, 0.25) is 0 Å². The second kappa shape index (κ2) is 7.32. The zero-order chi connectivity index (χ0) is 6.69. The average Bonchev–Trinajstić information content (AvgIpc) is 2.34. The minimum Gasteiger partial charge on any atom is -0.394 e. The van der Waals surface area contributed by atoms with Crippen molar-refractivity contribution in [3.8, 4) is 0 Å². The number of aliphatic hydroxyl groups excluding tert-OH is 1. The summed E-state index contributed by atoms with van der Waals surface area (Å²) >= 11 is 3.81. The fraction of sp³-hybridized carbons (Fsp3) is 1.00. The normalized spacial score (nSPS) is 28.9. The third-order valence-corrected chi connectivity index (χ3v) is 4.82. The molecule has 11 heavy (non-hydrogen) atoms. The minimum atomic E-state index is 0. The molecule has 70 valence electrons. The maximum absolute atomic E-state index is 8.74. The van der Waals surface area contributed by atoms with Crippen LogP contribution in [0.25, 0.3) is 0 Å². The van der Waals surface area contributed by atoms with Crippen LogP contribution in [-0.4, -0.2) is 27.3 Å². The maximum atomic E-state index is 8.74. The van der Waals surface area contributed by atoms with Crippen LogP contribution in [0.5, 0.6) is 0 Å². The molecule has 0 aromatic heterocycles. The van der Waals surface area contributed by atoms with Crippen molar-refractivity contribution >= 4 is 23.5 Å². The van der Waals surface area contributed by atoms with Crippen LogP contribution in [0.15, 0.2) is 0 Å². The largest absolute Gasteiger partial charge is 0.394 e. The molecule has 0 amide bonds. The first-order chi connectivity index (χ1) is 4.36. The van der Waals surface area contributed by atoms with Crippen molar-refractivity contribution in [2.75, 3.05) is 12.4 Å². The summed E-state index contributed by atoms with van der Waals surface area (Å²) in [5.41, 5.74) is 0. The highest BCUT2D eigenvalue weighted by Crippen LogP contribution is 2.38. The number of hydrogen-bond acceptors (Lipinski definition) is 3. The third-order valence-electron chi connectivity index (χ3n) is 1.42. The molecular formula is C8H20OS2. The maximum Gasteiger partial charge on any atom is 0.0736 e. The van der Waals surface area contributed by atoms with Crippen molar-refractivity contribution < 1.29 is 5.11 Å². The highest BCUT2D eigenvalue weighted by Gasteiger charge is 2.23. The molecule has 0 bridgehead atoms. The van der Waals surface area contributed by atoms with Crippen LogP contribution in [0.3, 0.4) is 0 Å². The first kappa shape index (κ1) is 14.2. The Hall–Kier alpha value is 0.660. The standard InChI is InChI=1S/C6H12OS2.2CH4/c1-2-5-4-8-6(3-7)9-5;;/h5-7H,2-4H2,1H3;2*1H4. The molecule has 0 saturated carbocycles. The molecule has 1 saturated heterocycles. The Morgan fingerprint density at radius 2 is 2.09 bits per heavy atom. The van der Waals surface area contributed by atoms with Crippen molar-refractivity contribution in [2.45, 2.75) is 38.0 Å². The number of hydrogen-bond donors (Lipinski definition) is 1. The molecule has 2 unspecified atom stereocenters. The monoisotopic (exact) mass is 196 g/mol. The second-order valence-electron chi connectivity index (χ2n) is 2.11. The third kappa shape index (κ3) is 4.28. The first-order valence-corrected chi connectivity index (χ1v) is 5.24. The lowest BCUT2D eigenvalue weighted by Gasteiger charge is -2.03. The molecule has 1 heterocycles. The highest BCUT2D eigenvalue weighted by molar-refractivity contribution is 8.20. The number of rotatable bonds is 2. The molecular weight excluding hydrogens is 176 g/mol. The van der Waals surface area contributed by atoms with Crippen molar-refractivity contribution in [3.05, 3.63) is 0 Å². The summed E-state index contributed by atoms with van der Waals surface area (Å²) in [5, 5.41) is 9.54. The zero-order valence-corrected chi connectivity index (χ0v) is 7.17. The van der Waals surface area contributed by atoms with Crippen LogP contribution in [0, 0.1) is 0 Å². The quantitative estimate of drug-likeness (QED) is 0.733. The van der Waals surface area contributed by atoms with Gasteiger partial charge in [-0.05, 0) is 6.42 Å². The summed E-state index contributed by atoms with van der Waals surface area (Å²) in [5.74, 6) is 1.23. The van der Waals surface area contributed by atoms with E-state index in [0.717, 1.165) is 5.25 Å². The first-order valence-electron chi connectivity index (χ1n) is 3.24. The van der Waals surface area contributed by atoms with Crippen LogP contribution >= 0.6 is 23.5 Å². The Bertz CT molecular complexity index is 78.2. The molecule has 3 heteroatoms. The van der Waals surface area contributed by atoms with Crippen LogP contribution in [-0.2, 0) is 0 Å². The Labute approximate surface area is 79.3 Å². The van der Waals surface area contributed by atoms with E-state index in [-0.39, 0.29) is 14.9 Å². The van der Waals surface area contributed by atoms with Crippen molar-refractivity contribution in [1.82, 2.24) is 0 Å². The van der Waals surface area contributed by atoms with Gasteiger partial charge in [-0.2, -0.15) is 0 Å². The molecule has 1 fully saturated rings. The number of thioether (sulfide) groups is 2. The molecule has 0 aliphatic carbocycles. The van der Waals surface area contributed by atoms with Gasteiger partial charge in [0, 0.05) is 11.0 Å². The van der Waals surface area contributed by atoms with Crippen LogP contribution in [0.4, 0.5) is 0 Å². The fourth-order valence-electron chi connectivity index (χ4n) is 0.818. The Kier molecular flexibility index (Phi) is 9.44. The summed E-state index contributed by atoms with van der Waals surface area (Å²) in [7, 11) is 0. The van der Waals surface area contributed by atoms with Gasteiger partial charge in [-0.1, -0.05) is 21.8 Å². The molecule has 0 radical (unpaired) electrons. The average molecular weight is 196 g/mol. The second-order valence-corrected chi connectivity index (χ2v) is 5.15. The summed E-state index contributed by atoms with van der Waals surface area (Å²) in [6, 6.07) is 0. The van der Waals surface area contributed by atoms with E-state index in [2.05, 4.69) is 6.92 Å². The van der Waals surface area contributed by atoms with Crippen LogP contribution in [0.1, 0.15) is 28.2 Å². The molecule has 0 aromatic rings. The predicted octanol–water partition coefficient (Wildman–Crippen LogP) is 2.84. The summed E-state index contributed by atoms with van der Waals surface area (Å²) < 4.78 is 0.468. The molecule has 1 rings (SSSR count). The number of aliphatic hydroxyl groups is 1. The smallest absolute Gasteiger partial charge is 0.0736 e. The SMILES string of the molecule is C.C.CCC1CSC(CO)S1. The predicted molar refractivity (Wildman–Crippen MR) is 58.5 cm³/mol. The zero-order valence-electron chi connectivity index (χ0n) is 5.54. The molecule has 1 aliphatic heterocycles. The topological polar surface area (TPSA) is 20.2 Å². The van der Waals surface area contributed by atoms with Crippen molar-refractivity contribution in [1.29, 1.82) is 0 Å². The lowest BCUT2D eigenvalue weighted by Crippen LogP contribution is -2.00. The Balaban J connectivity index is 0. The minimum absolute atomic E-state index is 0. The summed E-state index contributed by atoms with van der Waals surface area (Å²) in [6.07, 6.45) is 1.24. The van der Waals surface area contributed by atoms with Gasteiger partial charge in [-0.25, -0.2) is 0 Å². The van der Waals surface area contributed by atoms with Crippen molar-refractivity contribution in [3.63, 3.8) is 0 Å². The molecule has 2 atom stereocenters.